The molecule has 0 aliphatic carbocycles. The Morgan fingerprint density at radius 1 is 1.48 bits per heavy atom. The summed E-state index contributed by atoms with van der Waals surface area (Å²) in [6.07, 6.45) is 4.08. The highest BCUT2D eigenvalue weighted by Gasteiger charge is 2.42. The Morgan fingerprint density at radius 3 is 3.05 bits per heavy atom. The molecule has 3 rings (SSSR count). The maximum atomic E-state index is 5.59. The van der Waals surface area contributed by atoms with Crippen molar-refractivity contribution in [3.8, 4) is 0 Å². The minimum atomic E-state index is 0. The van der Waals surface area contributed by atoms with Gasteiger partial charge in [-0.3, -0.25) is 0 Å². The van der Waals surface area contributed by atoms with Crippen LogP contribution in [0.5, 0.6) is 0 Å². The number of halogens is 1. The third kappa shape index (κ3) is 3.91. The van der Waals surface area contributed by atoms with E-state index in [9.17, 15) is 0 Å². The number of guanidine groups is 1. The molecule has 1 N–H and O–H groups in total. The molecule has 1 spiro atoms. The number of aliphatic imine (C=N–C) groups is 1. The summed E-state index contributed by atoms with van der Waals surface area (Å²) < 4.78 is 10.9. The van der Waals surface area contributed by atoms with Crippen molar-refractivity contribution in [3.63, 3.8) is 0 Å². The van der Waals surface area contributed by atoms with Crippen molar-refractivity contribution in [3.05, 3.63) is 24.2 Å². The fourth-order valence-electron chi connectivity index (χ4n) is 3.07. The summed E-state index contributed by atoms with van der Waals surface area (Å²) in [6, 6.07) is 3.86. The van der Waals surface area contributed by atoms with E-state index in [0.717, 1.165) is 44.6 Å². The number of nitrogens with zero attached hydrogens (tertiary/aromatic N) is 2. The molecule has 2 aliphatic rings. The van der Waals surface area contributed by atoms with Crippen LogP contribution in [0.1, 0.15) is 25.5 Å². The summed E-state index contributed by atoms with van der Waals surface area (Å²) in [6.45, 7) is 7.51. The van der Waals surface area contributed by atoms with Crippen LogP contribution in [0.3, 0.4) is 0 Å². The van der Waals surface area contributed by atoms with Crippen LogP contribution in [0.2, 0.25) is 0 Å². The zero-order valence-electron chi connectivity index (χ0n) is 12.5. The highest BCUT2D eigenvalue weighted by molar-refractivity contribution is 14.0. The van der Waals surface area contributed by atoms with Crippen molar-refractivity contribution in [2.75, 3.05) is 32.8 Å². The van der Waals surface area contributed by atoms with Gasteiger partial charge in [-0.05, 0) is 31.9 Å². The largest absolute Gasteiger partial charge is 0.467 e. The first-order valence-corrected chi connectivity index (χ1v) is 7.45. The van der Waals surface area contributed by atoms with Gasteiger partial charge in [0.2, 0.25) is 0 Å². The third-order valence-electron chi connectivity index (χ3n) is 4.22. The van der Waals surface area contributed by atoms with E-state index < -0.39 is 0 Å². The number of furan rings is 1. The van der Waals surface area contributed by atoms with Gasteiger partial charge in [-0.25, -0.2) is 4.99 Å². The van der Waals surface area contributed by atoms with E-state index in [0.29, 0.717) is 12.0 Å². The quantitative estimate of drug-likeness (QED) is 0.477. The van der Waals surface area contributed by atoms with E-state index >= 15 is 0 Å². The Balaban J connectivity index is 0.00000161. The maximum absolute atomic E-state index is 5.59. The molecule has 21 heavy (non-hydrogen) atoms. The summed E-state index contributed by atoms with van der Waals surface area (Å²) in [5.74, 6) is 1.89. The van der Waals surface area contributed by atoms with Crippen molar-refractivity contribution >= 4 is 29.9 Å². The fourth-order valence-corrected chi connectivity index (χ4v) is 3.07. The highest BCUT2D eigenvalue weighted by atomic mass is 127. The number of hydrogen-bond acceptors (Lipinski definition) is 3. The third-order valence-corrected chi connectivity index (χ3v) is 4.22. The van der Waals surface area contributed by atoms with Crippen LogP contribution in [-0.4, -0.2) is 43.7 Å². The number of nitrogens with one attached hydrogen (secondary N) is 1. The Kier molecular flexibility index (Phi) is 5.92. The Hall–Kier alpha value is -0.760. The average Bonchev–Trinajstić information content (AvgIpc) is 3.18. The molecule has 0 amide bonds. The molecule has 1 aromatic heterocycles. The first kappa shape index (κ1) is 16.6. The van der Waals surface area contributed by atoms with Gasteiger partial charge in [0.15, 0.2) is 5.96 Å². The molecule has 5 nitrogen and oxygen atoms in total. The zero-order chi connectivity index (χ0) is 13.8. The van der Waals surface area contributed by atoms with Gasteiger partial charge in [0, 0.05) is 31.7 Å². The lowest BCUT2D eigenvalue weighted by Crippen LogP contribution is -2.41. The lowest BCUT2D eigenvalue weighted by Gasteiger charge is -2.24. The van der Waals surface area contributed by atoms with E-state index in [4.69, 9.17) is 9.15 Å². The predicted octanol–water partition coefficient (Wildman–Crippen LogP) is 2.48. The van der Waals surface area contributed by atoms with E-state index in [1.54, 1.807) is 6.26 Å². The molecule has 1 atom stereocenters. The number of rotatable bonds is 3. The number of hydrogen-bond donors (Lipinski definition) is 1. The second-order valence-corrected chi connectivity index (χ2v) is 5.72. The summed E-state index contributed by atoms with van der Waals surface area (Å²) in [5.41, 5.74) is 0.362. The minimum Gasteiger partial charge on any atom is -0.467 e. The van der Waals surface area contributed by atoms with Crippen LogP contribution < -0.4 is 5.32 Å². The van der Waals surface area contributed by atoms with Gasteiger partial charge < -0.3 is 19.4 Å². The van der Waals surface area contributed by atoms with Gasteiger partial charge in [0.05, 0.1) is 12.9 Å². The molecule has 2 saturated heterocycles. The molecular weight excluding hydrogens is 381 g/mol. The SMILES string of the molecule is CCNC(=NCc1ccco1)N1CCC2(CCOC2)C1.I. The maximum Gasteiger partial charge on any atom is 0.194 e. The van der Waals surface area contributed by atoms with E-state index in [2.05, 4.69) is 22.1 Å². The number of likely N-dealkylation sites (tertiary alicyclic amines) is 1. The van der Waals surface area contributed by atoms with Crippen molar-refractivity contribution in [1.82, 2.24) is 10.2 Å². The highest BCUT2D eigenvalue weighted by Crippen LogP contribution is 2.38. The van der Waals surface area contributed by atoms with Crippen LogP contribution >= 0.6 is 24.0 Å². The van der Waals surface area contributed by atoms with Crippen molar-refractivity contribution in [2.45, 2.75) is 26.3 Å². The monoisotopic (exact) mass is 405 g/mol. The van der Waals surface area contributed by atoms with E-state index in [-0.39, 0.29) is 24.0 Å². The molecule has 3 heterocycles. The molecule has 2 aliphatic heterocycles. The lowest BCUT2D eigenvalue weighted by molar-refractivity contribution is 0.156. The topological polar surface area (TPSA) is 50.0 Å². The van der Waals surface area contributed by atoms with Gasteiger partial charge in [-0.2, -0.15) is 0 Å². The molecule has 0 saturated carbocycles. The second kappa shape index (κ2) is 7.49. The Morgan fingerprint density at radius 2 is 2.38 bits per heavy atom. The van der Waals surface area contributed by atoms with Crippen LogP contribution in [0.15, 0.2) is 27.8 Å². The molecule has 1 aromatic rings. The molecule has 2 fully saturated rings. The second-order valence-electron chi connectivity index (χ2n) is 5.72. The van der Waals surface area contributed by atoms with Crippen LogP contribution in [-0.2, 0) is 11.3 Å². The van der Waals surface area contributed by atoms with Crippen LogP contribution in [0.25, 0.3) is 0 Å². The standard InChI is InChI=1S/C15H23N3O2.HI/c1-2-16-14(17-10-13-4-3-8-20-13)18-7-5-15(11-18)6-9-19-12-15;/h3-4,8H,2,5-7,9-12H2,1H3,(H,16,17);1H. The van der Waals surface area contributed by atoms with Gasteiger partial charge in [0.1, 0.15) is 12.3 Å². The van der Waals surface area contributed by atoms with E-state index in [1.165, 1.54) is 12.8 Å². The average molecular weight is 405 g/mol. The molecular formula is C15H24IN3O2. The number of ether oxygens (including phenoxy) is 1. The first-order valence-electron chi connectivity index (χ1n) is 7.45. The van der Waals surface area contributed by atoms with Crippen molar-refractivity contribution < 1.29 is 9.15 Å². The molecule has 0 radical (unpaired) electrons. The molecule has 0 aromatic carbocycles. The first-order chi connectivity index (χ1) is 9.81. The Labute approximate surface area is 143 Å². The van der Waals surface area contributed by atoms with E-state index in [1.807, 2.05) is 12.1 Å². The normalized spacial score (nSPS) is 25.4. The van der Waals surface area contributed by atoms with Gasteiger partial charge in [-0.1, -0.05) is 0 Å². The Bertz CT molecular complexity index is 455. The predicted molar refractivity (Wildman–Crippen MR) is 93.0 cm³/mol. The van der Waals surface area contributed by atoms with Gasteiger partial charge >= 0.3 is 0 Å². The van der Waals surface area contributed by atoms with Crippen LogP contribution in [0, 0.1) is 5.41 Å². The summed E-state index contributed by atoms with van der Waals surface area (Å²) in [7, 11) is 0. The van der Waals surface area contributed by atoms with Gasteiger partial charge in [-0.15, -0.1) is 24.0 Å². The molecule has 1 unspecified atom stereocenters. The minimum absolute atomic E-state index is 0. The summed E-state index contributed by atoms with van der Waals surface area (Å²) >= 11 is 0. The molecule has 0 bridgehead atoms. The van der Waals surface area contributed by atoms with Gasteiger partial charge in [0.25, 0.3) is 0 Å². The lowest BCUT2D eigenvalue weighted by atomic mass is 9.87. The smallest absolute Gasteiger partial charge is 0.194 e. The fraction of sp³-hybridized carbons (Fsp3) is 0.667. The summed E-state index contributed by atoms with van der Waals surface area (Å²) in [5, 5.41) is 3.39. The van der Waals surface area contributed by atoms with Crippen molar-refractivity contribution in [2.24, 2.45) is 10.4 Å². The summed E-state index contributed by atoms with van der Waals surface area (Å²) in [4.78, 5) is 7.05. The molecule has 118 valence electrons. The zero-order valence-corrected chi connectivity index (χ0v) is 14.8. The molecule has 6 heteroatoms. The van der Waals surface area contributed by atoms with Crippen LogP contribution in [0.4, 0.5) is 0 Å². The van der Waals surface area contributed by atoms with Crippen molar-refractivity contribution in [1.29, 1.82) is 0 Å².